The van der Waals surface area contributed by atoms with E-state index in [1.807, 2.05) is 16.6 Å². The molecule has 1 aromatic heterocycles. The summed E-state index contributed by atoms with van der Waals surface area (Å²) in [5.74, 6) is 0.156. The number of aryl methyl sites for hydroxylation is 1. The number of hydrogen-bond donors (Lipinski definition) is 0. The topological polar surface area (TPSA) is 38.1 Å². The van der Waals surface area contributed by atoms with Crippen molar-refractivity contribution in [1.29, 1.82) is 0 Å². The van der Waals surface area contributed by atoms with Gasteiger partial charge in [-0.2, -0.15) is 5.10 Å². The number of carbonyl (C=O) groups excluding carboxylic acids is 1. The van der Waals surface area contributed by atoms with Crippen LogP contribution >= 0.6 is 0 Å². The van der Waals surface area contributed by atoms with Gasteiger partial charge in [-0.3, -0.25) is 9.48 Å². The molecule has 0 bridgehead atoms. The Bertz CT molecular complexity index is 444. The molecule has 0 aromatic carbocycles. The summed E-state index contributed by atoms with van der Waals surface area (Å²) >= 11 is 0. The Kier molecular flexibility index (Phi) is 2.65. The van der Waals surface area contributed by atoms with Crippen molar-refractivity contribution in [2.75, 3.05) is 13.1 Å². The lowest BCUT2D eigenvalue weighted by Gasteiger charge is -2.26. The van der Waals surface area contributed by atoms with E-state index in [9.17, 15) is 4.79 Å². The molecule has 0 spiro atoms. The van der Waals surface area contributed by atoms with E-state index in [0.717, 1.165) is 44.5 Å². The zero-order chi connectivity index (χ0) is 11.8. The summed E-state index contributed by atoms with van der Waals surface area (Å²) in [4.78, 5) is 14.4. The van der Waals surface area contributed by atoms with Gasteiger partial charge in [0.25, 0.3) is 5.91 Å². The van der Waals surface area contributed by atoms with Crippen LogP contribution < -0.4 is 0 Å². The molecule has 2 aliphatic rings. The van der Waals surface area contributed by atoms with E-state index in [1.54, 1.807) is 0 Å². The summed E-state index contributed by atoms with van der Waals surface area (Å²) in [6.45, 7) is 1.81. The van der Waals surface area contributed by atoms with Crippen LogP contribution in [0.15, 0.2) is 0 Å². The molecule has 3 rings (SSSR count). The molecular formula is C13H19N3O. The average Bonchev–Trinajstić information content (AvgIpc) is 2.94. The maximum Gasteiger partial charge on any atom is 0.274 e. The molecule has 0 saturated carbocycles. The first-order valence-electron chi connectivity index (χ1n) is 6.61. The van der Waals surface area contributed by atoms with Gasteiger partial charge in [-0.25, -0.2) is 0 Å². The van der Waals surface area contributed by atoms with Gasteiger partial charge in [-0.15, -0.1) is 0 Å². The fourth-order valence-electron chi connectivity index (χ4n) is 3.03. The summed E-state index contributed by atoms with van der Waals surface area (Å²) in [7, 11) is 1.96. The number of piperidine rings is 1. The molecule has 4 heteroatoms. The van der Waals surface area contributed by atoms with Crippen LogP contribution in [-0.4, -0.2) is 33.7 Å². The van der Waals surface area contributed by atoms with Crippen LogP contribution in [0.5, 0.6) is 0 Å². The molecule has 1 aliphatic carbocycles. The number of aromatic nitrogens is 2. The van der Waals surface area contributed by atoms with Crippen LogP contribution in [-0.2, 0) is 19.9 Å². The SMILES string of the molecule is Cn1nc(C(=O)N2CCCCC2)c2c1CCC2. The van der Waals surface area contributed by atoms with Crippen LogP contribution in [0.25, 0.3) is 0 Å². The van der Waals surface area contributed by atoms with Crippen LogP contribution in [0.4, 0.5) is 0 Å². The highest BCUT2D eigenvalue weighted by atomic mass is 16.2. The monoisotopic (exact) mass is 233 g/mol. The van der Waals surface area contributed by atoms with Crippen LogP contribution in [0.1, 0.15) is 47.4 Å². The summed E-state index contributed by atoms with van der Waals surface area (Å²) < 4.78 is 1.90. The van der Waals surface area contributed by atoms with Crippen molar-refractivity contribution in [3.8, 4) is 0 Å². The molecule has 1 aliphatic heterocycles. The fourth-order valence-corrected chi connectivity index (χ4v) is 3.03. The zero-order valence-corrected chi connectivity index (χ0v) is 10.4. The predicted octanol–water partition coefficient (Wildman–Crippen LogP) is 1.53. The molecule has 0 atom stereocenters. The first-order chi connectivity index (χ1) is 8.27. The van der Waals surface area contributed by atoms with E-state index in [-0.39, 0.29) is 5.91 Å². The third-order valence-electron chi connectivity index (χ3n) is 3.96. The lowest BCUT2D eigenvalue weighted by Crippen LogP contribution is -2.36. The second-order valence-electron chi connectivity index (χ2n) is 5.10. The van der Waals surface area contributed by atoms with E-state index >= 15 is 0 Å². The van der Waals surface area contributed by atoms with E-state index < -0.39 is 0 Å². The van der Waals surface area contributed by atoms with Crippen molar-refractivity contribution in [1.82, 2.24) is 14.7 Å². The zero-order valence-electron chi connectivity index (χ0n) is 10.4. The highest BCUT2D eigenvalue weighted by Gasteiger charge is 2.28. The molecule has 1 saturated heterocycles. The van der Waals surface area contributed by atoms with E-state index in [0.29, 0.717) is 0 Å². The van der Waals surface area contributed by atoms with Gasteiger partial charge in [0.1, 0.15) is 0 Å². The van der Waals surface area contributed by atoms with Gasteiger partial charge in [0.05, 0.1) is 0 Å². The summed E-state index contributed by atoms with van der Waals surface area (Å²) in [5.41, 5.74) is 3.20. The van der Waals surface area contributed by atoms with Gasteiger partial charge < -0.3 is 4.90 Å². The Morgan fingerprint density at radius 1 is 1.12 bits per heavy atom. The van der Waals surface area contributed by atoms with Crippen molar-refractivity contribution in [3.05, 3.63) is 17.0 Å². The fraction of sp³-hybridized carbons (Fsp3) is 0.692. The summed E-state index contributed by atoms with van der Waals surface area (Å²) in [6.07, 6.45) is 6.80. The molecule has 4 nitrogen and oxygen atoms in total. The molecule has 0 radical (unpaired) electrons. The molecule has 1 aromatic rings. The Morgan fingerprint density at radius 3 is 2.65 bits per heavy atom. The van der Waals surface area contributed by atoms with E-state index in [4.69, 9.17) is 0 Å². The number of carbonyl (C=O) groups is 1. The minimum atomic E-state index is 0.156. The van der Waals surface area contributed by atoms with Gasteiger partial charge in [-0.05, 0) is 38.5 Å². The number of fused-ring (bicyclic) bond motifs is 1. The minimum absolute atomic E-state index is 0.156. The Balaban J connectivity index is 1.88. The van der Waals surface area contributed by atoms with Crippen molar-refractivity contribution >= 4 is 5.91 Å². The maximum absolute atomic E-state index is 12.4. The quantitative estimate of drug-likeness (QED) is 0.738. The van der Waals surface area contributed by atoms with Crippen molar-refractivity contribution in [3.63, 3.8) is 0 Å². The molecule has 92 valence electrons. The Hall–Kier alpha value is -1.32. The molecule has 17 heavy (non-hydrogen) atoms. The maximum atomic E-state index is 12.4. The lowest BCUT2D eigenvalue weighted by molar-refractivity contribution is 0.0716. The van der Waals surface area contributed by atoms with Gasteiger partial charge in [0.2, 0.25) is 0 Å². The standard InChI is InChI=1S/C13H19N3O/c1-15-11-7-5-6-10(11)12(14-15)13(17)16-8-3-2-4-9-16/h2-9H2,1H3. The second-order valence-corrected chi connectivity index (χ2v) is 5.10. The molecular weight excluding hydrogens is 214 g/mol. The van der Waals surface area contributed by atoms with Crippen LogP contribution in [0.3, 0.4) is 0 Å². The van der Waals surface area contributed by atoms with Crippen LogP contribution in [0, 0.1) is 0 Å². The van der Waals surface area contributed by atoms with E-state index in [2.05, 4.69) is 5.10 Å². The normalized spacial score (nSPS) is 19.5. The van der Waals surface area contributed by atoms with Gasteiger partial charge >= 0.3 is 0 Å². The lowest BCUT2D eigenvalue weighted by atomic mass is 10.1. The minimum Gasteiger partial charge on any atom is -0.337 e. The predicted molar refractivity (Wildman–Crippen MR) is 65.0 cm³/mol. The number of hydrogen-bond acceptors (Lipinski definition) is 2. The number of likely N-dealkylation sites (tertiary alicyclic amines) is 1. The van der Waals surface area contributed by atoms with Gasteiger partial charge in [0.15, 0.2) is 5.69 Å². The molecule has 1 amide bonds. The third kappa shape index (κ3) is 1.75. The smallest absolute Gasteiger partial charge is 0.274 e. The number of rotatable bonds is 1. The molecule has 0 unspecified atom stereocenters. The van der Waals surface area contributed by atoms with Crippen molar-refractivity contribution in [2.45, 2.75) is 38.5 Å². The number of amides is 1. The van der Waals surface area contributed by atoms with E-state index in [1.165, 1.54) is 24.1 Å². The third-order valence-corrected chi connectivity index (χ3v) is 3.96. The van der Waals surface area contributed by atoms with Crippen molar-refractivity contribution in [2.24, 2.45) is 7.05 Å². The average molecular weight is 233 g/mol. The summed E-state index contributed by atoms with van der Waals surface area (Å²) in [5, 5.41) is 4.43. The Labute approximate surface area is 102 Å². The molecule has 2 heterocycles. The van der Waals surface area contributed by atoms with Gasteiger partial charge in [-0.1, -0.05) is 0 Å². The first-order valence-corrected chi connectivity index (χ1v) is 6.61. The first kappa shape index (κ1) is 10.8. The van der Waals surface area contributed by atoms with Crippen molar-refractivity contribution < 1.29 is 4.79 Å². The van der Waals surface area contributed by atoms with Gasteiger partial charge in [0, 0.05) is 31.4 Å². The summed E-state index contributed by atoms with van der Waals surface area (Å²) in [6, 6.07) is 0. The van der Waals surface area contributed by atoms with Crippen LogP contribution in [0.2, 0.25) is 0 Å². The highest BCUT2D eigenvalue weighted by Crippen LogP contribution is 2.26. The number of nitrogens with zero attached hydrogens (tertiary/aromatic N) is 3. The Morgan fingerprint density at radius 2 is 1.88 bits per heavy atom. The molecule has 0 N–H and O–H groups in total. The highest BCUT2D eigenvalue weighted by molar-refractivity contribution is 5.94. The second kappa shape index (κ2) is 4.17. The molecule has 1 fully saturated rings. The largest absolute Gasteiger partial charge is 0.337 e.